The van der Waals surface area contributed by atoms with Crippen LogP contribution in [0.3, 0.4) is 0 Å². The molecule has 0 aromatic heterocycles. The molecule has 0 fully saturated rings. The van der Waals surface area contributed by atoms with Gasteiger partial charge < -0.3 is 5.73 Å². The molecule has 7 heteroatoms. The van der Waals surface area contributed by atoms with E-state index in [0.717, 1.165) is 12.2 Å². The maximum absolute atomic E-state index is 12.3. The lowest BCUT2D eigenvalue weighted by Crippen LogP contribution is -2.35. The van der Waals surface area contributed by atoms with Crippen molar-refractivity contribution in [2.45, 2.75) is 25.9 Å². The van der Waals surface area contributed by atoms with Crippen molar-refractivity contribution < 1.29 is 18.0 Å². The molecule has 1 aliphatic rings. The number of alkyl halides is 3. The third-order valence-electron chi connectivity index (χ3n) is 2.47. The van der Waals surface area contributed by atoms with E-state index in [-0.39, 0.29) is 17.7 Å². The van der Waals surface area contributed by atoms with E-state index in [2.05, 4.69) is 9.98 Å². The van der Waals surface area contributed by atoms with Crippen molar-refractivity contribution in [1.82, 2.24) is 9.98 Å². The Hall–Kier alpha value is -1.59. The highest BCUT2D eigenvalue weighted by Crippen LogP contribution is 2.17. The van der Waals surface area contributed by atoms with Gasteiger partial charge in [-0.15, -0.1) is 0 Å². The molecule has 1 rings (SSSR count). The lowest BCUT2D eigenvalue weighted by atomic mass is 10.1. The van der Waals surface area contributed by atoms with Crippen LogP contribution in [-0.4, -0.2) is 30.2 Å². The van der Waals surface area contributed by atoms with Crippen LogP contribution >= 0.6 is 0 Å². The summed E-state index contributed by atoms with van der Waals surface area (Å²) in [5.41, 5.74) is 4.30. The molecule has 0 aliphatic carbocycles. The van der Waals surface area contributed by atoms with Crippen molar-refractivity contribution in [3.05, 3.63) is 12.2 Å². The maximum Gasteiger partial charge on any atom is 0.470 e. The smallest absolute Gasteiger partial charge is 0.330 e. The Balaban J connectivity index is 2.62. The summed E-state index contributed by atoms with van der Waals surface area (Å²) in [5.74, 6) is -0.734. The highest BCUT2D eigenvalue weighted by Gasteiger charge is 2.41. The van der Waals surface area contributed by atoms with Crippen LogP contribution in [0.15, 0.2) is 12.2 Å². The third kappa shape index (κ3) is 4.01. The number of halogens is 3. The summed E-state index contributed by atoms with van der Waals surface area (Å²) in [7, 11) is 0. The first-order valence-electron chi connectivity index (χ1n) is 5.56. The molecule has 0 saturated carbocycles. The quantitative estimate of drug-likeness (QED) is 0.725. The monoisotopic (exact) mass is 262 g/mol. The average Bonchev–Trinajstić information content (AvgIpc) is 2.73. The van der Waals surface area contributed by atoms with Gasteiger partial charge in [-0.3, -0.25) is 0 Å². The minimum atomic E-state index is -4.49. The first-order valence-corrected chi connectivity index (χ1v) is 5.56. The topological polar surface area (TPSA) is 69.2 Å². The Morgan fingerprint density at radius 2 is 2.17 bits per heavy atom. The molecule has 3 N–H and O–H groups in total. The maximum atomic E-state index is 12.3. The van der Waals surface area contributed by atoms with Gasteiger partial charge in [0, 0.05) is 6.08 Å². The van der Waals surface area contributed by atoms with Gasteiger partial charge in [-0.1, -0.05) is 6.92 Å². The molecule has 18 heavy (non-hydrogen) atoms. The second-order valence-electron chi connectivity index (χ2n) is 4.03. The fourth-order valence-corrected chi connectivity index (χ4v) is 1.39. The molecule has 0 aromatic carbocycles. The molecule has 0 radical (unpaired) electrons. The van der Waals surface area contributed by atoms with Crippen LogP contribution < -0.4 is 15.7 Å². The van der Waals surface area contributed by atoms with Crippen LogP contribution in [0.2, 0.25) is 0 Å². The van der Waals surface area contributed by atoms with E-state index in [1.807, 2.05) is 0 Å². The molecular formula is C11H15F3N3O+. The Labute approximate surface area is 102 Å². The standard InChI is InChI=1S/C11H14F3N3O/c1-7(3-2-6-15)10(18)17-9-5-4-8(16-9)11(12,13)14/h4-5,7H,2-3,6,15H2,1H3/p+1/t7-/m0/s1. The Morgan fingerprint density at radius 1 is 1.50 bits per heavy atom. The fourth-order valence-electron chi connectivity index (χ4n) is 1.39. The first-order chi connectivity index (χ1) is 8.34. The number of amidine groups is 1. The van der Waals surface area contributed by atoms with Gasteiger partial charge in [-0.2, -0.15) is 23.2 Å². The minimum Gasteiger partial charge on any atom is -0.330 e. The molecule has 1 atom stereocenters. The number of amides is 1. The third-order valence-corrected chi connectivity index (χ3v) is 2.47. The predicted octanol–water partition coefficient (Wildman–Crippen LogP) is 0.516. The average molecular weight is 262 g/mol. The largest absolute Gasteiger partial charge is 0.470 e. The number of nitrogens with one attached hydrogen (secondary N) is 1. The van der Waals surface area contributed by atoms with Crippen LogP contribution in [0.25, 0.3) is 0 Å². The van der Waals surface area contributed by atoms with E-state index in [1.165, 1.54) is 0 Å². The highest BCUT2D eigenvalue weighted by molar-refractivity contribution is 6.15. The molecule has 0 unspecified atom stereocenters. The number of allylic oxidation sites excluding steroid dienone is 1. The molecule has 4 nitrogen and oxygen atoms in total. The van der Waals surface area contributed by atoms with Gasteiger partial charge in [0.05, 0.1) is 12.0 Å². The van der Waals surface area contributed by atoms with Crippen molar-refractivity contribution in [3.8, 4) is 0 Å². The number of nitrogens with zero attached hydrogens (tertiary/aromatic N) is 1. The first kappa shape index (κ1) is 14.5. The second-order valence-corrected chi connectivity index (χ2v) is 4.03. The van der Waals surface area contributed by atoms with E-state index in [4.69, 9.17) is 5.73 Å². The summed E-state index contributed by atoms with van der Waals surface area (Å²) < 4.78 is 40.1. The van der Waals surface area contributed by atoms with Gasteiger partial charge in [0.2, 0.25) is 0 Å². The predicted molar refractivity (Wildman–Crippen MR) is 62.9 cm³/mol. The summed E-state index contributed by atoms with van der Waals surface area (Å²) >= 11 is 0. The molecule has 0 bridgehead atoms. The number of hydrogen-bond acceptors (Lipinski definition) is 2. The lowest BCUT2D eigenvalue weighted by molar-refractivity contribution is -0.123. The number of carbonyl (C=O) groups is 1. The van der Waals surface area contributed by atoms with Crippen molar-refractivity contribution in [3.63, 3.8) is 0 Å². The molecule has 0 aromatic rings. The van der Waals surface area contributed by atoms with Crippen molar-refractivity contribution in [2.24, 2.45) is 11.7 Å². The second kappa shape index (κ2) is 5.84. The fraction of sp³-hybridized carbons (Fsp3) is 0.545. The van der Waals surface area contributed by atoms with E-state index in [1.54, 1.807) is 6.92 Å². The van der Waals surface area contributed by atoms with Gasteiger partial charge in [-0.25, -0.2) is 4.79 Å². The Kier molecular flexibility index (Phi) is 4.69. The van der Waals surface area contributed by atoms with Crippen LogP contribution in [0.1, 0.15) is 19.8 Å². The van der Waals surface area contributed by atoms with Crippen molar-refractivity contribution >= 4 is 17.5 Å². The minimum absolute atomic E-state index is 0.0769. The molecule has 1 aliphatic heterocycles. The lowest BCUT2D eigenvalue weighted by Gasteiger charge is -2.04. The van der Waals surface area contributed by atoms with Crippen LogP contribution in [0.5, 0.6) is 0 Å². The molecule has 100 valence electrons. The summed E-state index contributed by atoms with van der Waals surface area (Å²) in [6.45, 7) is 2.17. The van der Waals surface area contributed by atoms with Crippen LogP contribution in [-0.2, 0) is 4.79 Å². The highest BCUT2D eigenvalue weighted by atomic mass is 19.4. The van der Waals surface area contributed by atoms with Crippen molar-refractivity contribution in [1.29, 1.82) is 0 Å². The molecular weight excluding hydrogens is 247 g/mol. The normalized spacial score (nSPS) is 16.3. The zero-order valence-corrected chi connectivity index (χ0v) is 9.92. The van der Waals surface area contributed by atoms with Gasteiger partial charge in [0.15, 0.2) is 0 Å². The molecule has 0 spiro atoms. The number of rotatable bonds is 4. The van der Waals surface area contributed by atoms with Crippen LogP contribution in [0.4, 0.5) is 13.2 Å². The van der Waals surface area contributed by atoms with Crippen LogP contribution in [0, 0.1) is 5.92 Å². The summed E-state index contributed by atoms with van der Waals surface area (Å²) in [6, 6.07) is 0. The summed E-state index contributed by atoms with van der Waals surface area (Å²) in [4.78, 5) is 11.6. The van der Waals surface area contributed by atoms with E-state index in [9.17, 15) is 18.0 Å². The molecule has 1 amide bonds. The number of hydrogen-bond donors (Lipinski definition) is 2. The van der Waals surface area contributed by atoms with Gasteiger partial charge in [0.25, 0.3) is 0 Å². The van der Waals surface area contributed by atoms with Crippen molar-refractivity contribution in [2.75, 3.05) is 6.54 Å². The Bertz CT molecular complexity index is 420. The zero-order chi connectivity index (χ0) is 13.8. The van der Waals surface area contributed by atoms with E-state index < -0.39 is 11.9 Å². The molecule has 0 saturated heterocycles. The number of carbonyl (C=O) groups excluding carboxylic acids is 1. The summed E-state index contributed by atoms with van der Waals surface area (Å²) in [6.07, 6.45) is -1.24. The van der Waals surface area contributed by atoms with Gasteiger partial charge in [-0.05, 0) is 19.4 Å². The zero-order valence-electron chi connectivity index (χ0n) is 9.92. The SMILES string of the molecule is C[C@@H](CCCN)C(=O)NC1=[N+]=C(C(F)(F)F)C=C1. The number of nitrogens with two attached hydrogens (primary N) is 1. The van der Waals surface area contributed by atoms with E-state index in [0.29, 0.717) is 19.4 Å². The van der Waals surface area contributed by atoms with Gasteiger partial charge in [0.1, 0.15) is 0 Å². The summed E-state index contributed by atoms with van der Waals surface area (Å²) in [5, 5.41) is 2.35. The van der Waals surface area contributed by atoms with Gasteiger partial charge >= 0.3 is 23.6 Å². The molecule has 1 heterocycles. The Morgan fingerprint density at radius 3 is 2.67 bits per heavy atom. The van der Waals surface area contributed by atoms with E-state index >= 15 is 0 Å².